The Morgan fingerprint density at radius 1 is 0.706 bits per heavy atom. The van der Waals surface area contributed by atoms with Crippen molar-refractivity contribution in [2.24, 2.45) is 0 Å². The van der Waals surface area contributed by atoms with Gasteiger partial charge in [-0.1, -0.05) is 162 Å². The minimum Gasteiger partial charge on any atom is -0.394 e. The molecule has 1 heterocycles. The number of aliphatic hydroxyl groups excluding tert-OH is 4. The van der Waals surface area contributed by atoms with Gasteiger partial charge in [0.15, 0.2) is 6.29 Å². The summed E-state index contributed by atoms with van der Waals surface area (Å²) < 4.78 is 47.4. The molecule has 6 N–H and O–H groups in total. The molecule has 0 radical (unpaired) electrons. The van der Waals surface area contributed by atoms with Crippen LogP contribution in [-0.2, 0) is 28.9 Å². The van der Waals surface area contributed by atoms with E-state index in [2.05, 4.69) is 23.3 Å². The Balaban J connectivity index is 2.53. The molecule has 0 spiro atoms. The summed E-state index contributed by atoms with van der Waals surface area (Å²) in [5, 5.41) is 44.5. The molecule has 0 aromatic heterocycles. The van der Waals surface area contributed by atoms with E-state index in [1.165, 1.54) is 103 Å². The monoisotopic (exact) mass is 754 g/mol. The van der Waals surface area contributed by atoms with E-state index in [0.717, 1.165) is 51.4 Å². The molecule has 0 bridgehead atoms. The van der Waals surface area contributed by atoms with E-state index < -0.39 is 59.9 Å². The van der Waals surface area contributed by atoms with Crippen LogP contribution < -0.4 is 5.32 Å². The third-order valence-corrected chi connectivity index (χ3v) is 10.4. The summed E-state index contributed by atoms with van der Waals surface area (Å²) in [6, 6.07) is -0.848. The third-order valence-electron chi connectivity index (χ3n) is 9.92. The van der Waals surface area contributed by atoms with Crippen LogP contribution in [-0.4, -0.2) is 95.4 Å². The lowest BCUT2D eigenvalue weighted by Crippen LogP contribution is -2.61. The highest BCUT2D eigenvalue weighted by molar-refractivity contribution is 7.80. The van der Waals surface area contributed by atoms with Crippen LogP contribution in [0.25, 0.3) is 0 Å². The van der Waals surface area contributed by atoms with Gasteiger partial charge in [0.05, 0.1) is 25.4 Å². The number of amides is 1. The summed E-state index contributed by atoms with van der Waals surface area (Å²) in [5.41, 5.74) is 0. The molecule has 1 fully saturated rings. The first-order valence-electron chi connectivity index (χ1n) is 20.4. The summed E-state index contributed by atoms with van der Waals surface area (Å²) in [5.74, 6) is -0.231. The van der Waals surface area contributed by atoms with Gasteiger partial charge in [0, 0.05) is 6.42 Å². The molecule has 12 nitrogen and oxygen atoms in total. The van der Waals surface area contributed by atoms with Crippen LogP contribution in [0.5, 0.6) is 0 Å². The Morgan fingerprint density at radius 2 is 1.14 bits per heavy atom. The summed E-state index contributed by atoms with van der Waals surface area (Å²) in [4.78, 5) is 12.9. The number of hydrogen-bond donors (Lipinski definition) is 6. The average Bonchev–Trinajstić information content (AvgIpc) is 3.09. The second kappa shape index (κ2) is 30.4. The minimum atomic E-state index is -5.06. The molecule has 1 amide bonds. The summed E-state index contributed by atoms with van der Waals surface area (Å²) in [6.07, 6.45) is 19.8. The van der Waals surface area contributed by atoms with E-state index >= 15 is 0 Å². The largest absolute Gasteiger partial charge is 0.397 e. The molecule has 304 valence electrons. The van der Waals surface area contributed by atoms with Crippen LogP contribution in [0, 0.1) is 0 Å². The molecule has 1 rings (SSSR count). The van der Waals surface area contributed by atoms with Gasteiger partial charge in [-0.05, 0) is 12.8 Å². The zero-order valence-corrected chi connectivity index (χ0v) is 32.8. The van der Waals surface area contributed by atoms with Gasteiger partial charge in [-0.15, -0.1) is 0 Å². The molecule has 0 aromatic rings. The van der Waals surface area contributed by atoms with Gasteiger partial charge in [0.2, 0.25) is 5.91 Å². The molecule has 13 heteroatoms. The Labute approximate surface area is 309 Å². The minimum absolute atomic E-state index is 0.231. The maximum Gasteiger partial charge on any atom is 0.397 e. The molecular formula is C38H75NO11S. The Bertz CT molecular complexity index is 941. The smallest absolute Gasteiger partial charge is 0.394 e. The van der Waals surface area contributed by atoms with Crippen molar-refractivity contribution in [3.63, 3.8) is 0 Å². The molecule has 7 atom stereocenters. The average molecular weight is 754 g/mol. The lowest BCUT2D eigenvalue weighted by molar-refractivity contribution is -0.298. The van der Waals surface area contributed by atoms with E-state index in [9.17, 15) is 33.6 Å². The molecule has 7 unspecified atom stereocenters. The number of carbonyl (C=O) groups is 1. The fourth-order valence-corrected chi connectivity index (χ4v) is 7.20. The highest BCUT2D eigenvalue weighted by Gasteiger charge is 2.48. The Morgan fingerprint density at radius 3 is 1.57 bits per heavy atom. The second-order valence-electron chi connectivity index (χ2n) is 14.6. The van der Waals surface area contributed by atoms with Crippen molar-refractivity contribution >= 4 is 16.3 Å². The normalized spacial score (nSPS) is 22.2. The third kappa shape index (κ3) is 24.2. The van der Waals surface area contributed by atoms with Crippen molar-refractivity contribution in [3.05, 3.63) is 0 Å². The number of nitrogens with one attached hydrogen (secondary N) is 1. The highest BCUT2D eigenvalue weighted by Crippen LogP contribution is 2.26. The number of aliphatic hydroxyl groups is 4. The van der Waals surface area contributed by atoms with Crippen LogP contribution in [0.3, 0.4) is 0 Å². The Kier molecular flexibility index (Phi) is 28.7. The zero-order valence-electron chi connectivity index (χ0n) is 31.9. The van der Waals surface area contributed by atoms with Gasteiger partial charge in [0.25, 0.3) is 0 Å². The summed E-state index contributed by atoms with van der Waals surface area (Å²) >= 11 is 0. The SMILES string of the molecule is CCCCCCCCCCCCCCCCCC(=O)NC(COC1OC(CO)C(O)C(OS(=O)(=O)O)C1O)C(O)CCCCCCCCCCC. The van der Waals surface area contributed by atoms with E-state index in [1.807, 2.05) is 0 Å². The lowest BCUT2D eigenvalue weighted by atomic mass is 9.99. The number of ether oxygens (including phenoxy) is 2. The maximum absolute atomic E-state index is 12.9. The van der Waals surface area contributed by atoms with Gasteiger partial charge in [-0.2, -0.15) is 8.42 Å². The van der Waals surface area contributed by atoms with E-state index in [0.29, 0.717) is 12.8 Å². The zero-order chi connectivity index (χ0) is 37.7. The molecule has 0 aromatic carbocycles. The van der Waals surface area contributed by atoms with Crippen LogP contribution in [0.4, 0.5) is 0 Å². The fourth-order valence-electron chi connectivity index (χ4n) is 6.69. The second-order valence-corrected chi connectivity index (χ2v) is 15.6. The predicted octanol–water partition coefficient (Wildman–Crippen LogP) is 6.66. The van der Waals surface area contributed by atoms with Crippen molar-refractivity contribution < 1.29 is 51.8 Å². The number of hydrogen-bond acceptors (Lipinski definition) is 10. The van der Waals surface area contributed by atoms with Crippen LogP contribution in [0.2, 0.25) is 0 Å². The molecule has 1 saturated heterocycles. The fraction of sp³-hybridized carbons (Fsp3) is 0.974. The molecular weight excluding hydrogens is 678 g/mol. The standard InChI is InChI=1S/C38H75NO11S/c1-3-5-7-9-11-13-14-15-16-17-18-20-22-24-26-28-34(42)39-31(32(41)27-25-23-21-19-12-10-8-6-4-2)30-48-38-36(44)37(50-51(45,46)47)35(43)33(29-40)49-38/h31-33,35-38,40-41,43-44H,3-30H2,1-2H3,(H,39,42)(H,45,46,47). The van der Waals surface area contributed by atoms with Gasteiger partial charge in [0.1, 0.15) is 24.4 Å². The van der Waals surface area contributed by atoms with Gasteiger partial charge in [-0.25, -0.2) is 4.18 Å². The van der Waals surface area contributed by atoms with E-state index in [1.54, 1.807) is 0 Å². The maximum atomic E-state index is 12.9. The molecule has 0 saturated carbocycles. The van der Waals surface area contributed by atoms with Crippen LogP contribution >= 0.6 is 0 Å². The van der Waals surface area contributed by atoms with Crippen LogP contribution in [0.15, 0.2) is 0 Å². The molecule has 51 heavy (non-hydrogen) atoms. The van der Waals surface area contributed by atoms with Gasteiger partial charge < -0.3 is 35.2 Å². The number of carbonyl (C=O) groups excluding carboxylic acids is 1. The number of unbranched alkanes of at least 4 members (excludes halogenated alkanes) is 22. The number of rotatable bonds is 34. The van der Waals surface area contributed by atoms with Crippen molar-refractivity contribution in [1.82, 2.24) is 5.32 Å². The van der Waals surface area contributed by atoms with Crippen LogP contribution in [0.1, 0.15) is 181 Å². The molecule has 1 aliphatic heterocycles. The van der Waals surface area contributed by atoms with E-state index in [4.69, 9.17) is 14.0 Å². The molecule has 0 aliphatic carbocycles. The first-order valence-corrected chi connectivity index (χ1v) is 21.8. The van der Waals surface area contributed by atoms with Crippen molar-refractivity contribution in [2.75, 3.05) is 13.2 Å². The first-order chi connectivity index (χ1) is 24.5. The van der Waals surface area contributed by atoms with E-state index in [-0.39, 0.29) is 12.5 Å². The summed E-state index contributed by atoms with van der Waals surface area (Å²) in [6.45, 7) is 3.40. The molecule has 1 aliphatic rings. The lowest BCUT2D eigenvalue weighted by Gasteiger charge is -2.41. The van der Waals surface area contributed by atoms with Gasteiger partial charge in [-0.3, -0.25) is 9.35 Å². The quantitative estimate of drug-likeness (QED) is 0.0304. The summed E-state index contributed by atoms with van der Waals surface area (Å²) in [7, 11) is -5.06. The topological polar surface area (TPSA) is 192 Å². The van der Waals surface area contributed by atoms with Crippen molar-refractivity contribution in [1.29, 1.82) is 0 Å². The Hall–Kier alpha value is -0.900. The van der Waals surface area contributed by atoms with Gasteiger partial charge >= 0.3 is 10.4 Å². The predicted molar refractivity (Wildman–Crippen MR) is 199 cm³/mol. The van der Waals surface area contributed by atoms with Crippen molar-refractivity contribution in [3.8, 4) is 0 Å². The first kappa shape index (κ1) is 48.1. The highest BCUT2D eigenvalue weighted by atomic mass is 32.3. The van der Waals surface area contributed by atoms with Crippen molar-refractivity contribution in [2.45, 2.75) is 224 Å².